The molecule has 2 N–H and O–H groups in total. The SMILES string of the molecule is Nc1cc2c(cc1N1CCC3CCCCC31)OCCO2. The van der Waals surface area contributed by atoms with Crippen molar-refractivity contribution in [3.8, 4) is 11.5 Å². The van der Waals surface area contributed by atoms with Gasteiger partial charge in [-0.1, -0.05) is 12.8 Å². The zero-order valence-corrected chi connectivity index (χ0v) is 11.8. The minimum Gasteiger partial charge on any atom is -0.486 e. The summed E-state index contributed by atoms with van der Waals surface area (Å²) < 4.78 is 11.3. The van der Waals surface area contributed by atoms with Crippen molar-refractivity contribution in [3.63, 3.8) is 0 Å². The molecule has 1 aromatic rings. The van der Waals surface area contributed by atoms with E-state index in [2.05, 4.69) is 11.0 Å². The highest BCUT2D eigenvalue weighted by atomic mass is 16.6. The first kappa shape index (κ1) is 12.2. The molecule has 4 nitrogen and oxygen atoms in total. The van der Waals surface area contributed by atoms with Crippen molar-refractivity contribution in [2.24, 2.45) is 5.92 Å². The average molecular weight is 274 g/mol. The number of ether oxygens (including phenoxy) is 2. The maximum absolute atomic E-state index is 6.27. The van der Waals surface area contributed by atoms with Crippen LogP contribution in [0.15, 0.2) is 12.1 Å². The minimum absolute atomic E-state index is 0.611. The predicted octanol–water partition coefficient (Wildman–Crippen LogP) is 2.81. The van der Waals surface area contributed by atoms with Gasteiger partial charge in [-0.15, -0.1) is 0 Å². The molecule has 2 aliphatic heterocycles. The van der Waals surface area contributed by atoms with Gasteiger partial charge in [0.25, 0.3) is 0 Å². The fraction of sp³-hybridized carbons (Fsp3) is 0.625. The Bertz CT molecular complexity index is 517. The number of nitrogen functional groups attached to an aromatic ring is 1. The van der Waals surface area contributed by atoms with Gasteiger partial charge in [-0.2, -0.15) is 0 Å². The molecule has 4 heteroatoms. The van der Waals surface area contributed by atoms with Crippen LogP contribution in [0.1, 0.15) is 32.1 Å². The van der Waals surface area contributed by atoms with Crippen LogP contribution in [-0.2, 0) is 0 Å². The normalized spacial score (nSPS) is 28.3. The third kappa shape index (κ3) is 1.89. The Balaban J connectivity index is 1.67. The van der Waals surface area contributed by atoms with E-state index in [0.29, 0.717) is 19.3 Å². The molecule has 1 saturated heterocycles. The first-order chi connectivity index (χ1) is 9.83. The highest BCUT2D eigenvalue weighted by Gasteiger charge is 2.36. The van der Waals surface area contributed by atoms with Gasteiger partial charge in [0.05, 0.1) is 11.4 Å². The Morgan fingerprint density at radius 1 is 1.00 bits per heavy atom. The van der Waals surface area contributed by atoms with E-state index in [-0.39, 0.29) is 0 Å². The van der Waals surface area contributed by atoms with Gasteiger partial charge in [0, 0.05) is 24.7 Å². The van der Waals surface area contributed by atoms with Crippen LogP contribution in [0.3, 0.4) is 0 Å². The molecule has 1 aliphatic carbocycles. The van der Waals surface area contributed by atoms with Crippen LogP contribution in [0.25, 0.3) is 0 Å². The van der Waals surface area contributed by atoms with Crippen LogP contribution in [0.4, 0.5) is 11.4 Å². The van der Waals surface area contributed by atoms with Crippen LogP contribution in [0, 0.1) is 5.92 Å². The zero-order valence-electron chi connectivity index (χ0n) is 11.8. The third-order valence-corrected chi connectivity index (χ3v) is 5.01. The summed E-state index contributed by atoms with van der Waals surface area (Å²) in [7, 11) is 0. The molecule has 0 radical (unpaired) electrons. The van der Waals surface area contributed by atoms with E-state index in [1.807, 2.05) is 6.07 Å². The molecule has 0 aromatic heterocycles. The molecule has 2 unspecified atom stereocenters. The second kappa shape index (κ2) is 4.76. The van der Waals surface area contributed by atoms with Gasteiger partial charge >= 0.3 is 0 Å². The maximum Gasteiger partial charge on any atom is 0.163 e. The smallest absolute Gasteiger partial charge is 0.163 e. The van der Waals surface area contributed by atoms with E-state index in [9.17, 15) is 0 Å². The summed E-state index contributed by atoms with van der Waals surface area (Å²) >= 11 is 0. The second-order valence-electron chi connectivity index (χ2n) is 6.15. The lowest BCUT2D eigenvalue weighted by Gasteiger charge is -2.34. The van der Waals surface area contributed by atoms with E-state index in [1.54, 1.807) is 0 Å². The first-order valence-corrected chi connectivity index (χ1v) is 7.79. The molecule has 3 aliphatic rings. The molecule has 0 bridgehead atoms. The average Bonchev–Trinajstić information content (AvgIpc) is 2.90. The van der Waals surface area contributed by atoms with E-state index in [0.717, 1.165) is 35.3 Å². The molecule has 1 saturated carbocycles. The molecular formula is C16H22N2O2. The van der Waals surface area contributed by atoms with Crippen LogP contribution in [0.2, 0.25) is 0 Å². The highest BCUT2D eigenvalue weighted by molar-refractivity contribution is 5.74. The minimum atomic E-state index is 0.611. The highest BCUT2D eigenvalue weighted by Crippen LogP contribution is 2.44. The molecule has 0 spiro atoms. The van der Waals surface area contributed by atoms with Crippen molar-refractivity contribution >= 4 is 11.4 Å². The molecule has 2 heterocycles. The van der Waals surface area contributed by atoms with Crippen molar-refractivity contribution in [2.75, 3.05) is 30.4 Å². The van der Waals surface area contributed by atoms with Gasteiger partial charge in [0.1, 0.15) is 13.2 Å². The standard InChI is InChI=1S/C16H22N2O2/c17-12-9-15-16(20-8-7-19-15)10-14(12)18-6-5-11-3-1-2-4-13(11)18/h9-11,13H,1-8,17H2. The van der Waals surface area contributed by atoms with Crippen molar-refractivity contribution in [1.82, 2.24) is 0 Å². The van der Waals surface area contributed by atoms with Gasteiger partial charge in [-0.05, 0) is 25.2 Å². The monoisotopic (exact) mass is 274 g/mol. The Morgan fingerprint density at radius 2 is 1.75 bits per heavy atom. The van der Waals surface area contributed by atoms with Gasteiger partial charge in [-0.3, -0.25) is 0 Å². The van der Waals surface area contributed by atoms with Crippen molar-refractivity contribution in [2.45, 2.75) is 38.1 Å². The lowest BCUT2D eigenvalue weighted by Crippen LogP contribution is -2.35. The fourth-order valence-corrected chi connectivity index (χ4v) is 4.05. The Labute approximate surface area is 119 Å². The van der Waals surface area contributed by atoms with E-state index in [4.69, 9.17) is 15.2 Å². The molecular weight excluding hydrogens is 252 g/mol. The van der Waals surface area contributed by atoms with Crippen molar-refractivity contribution in [3.05, 3.63) is 12.1 Å². The largest absolute Gasteiger partial charge is 0.486 e. The van der Waals surface area contributed by atoms with Crippen molar-refractivity contribution in [1.29, 1.82) is 0 Å². The maximum atomic E-state index is 6.27. The Morgan fingerprint density at radius 3 is 2.60 bits per heavy atom. The number of nitrogens with two attached hydrogens (primary N) is 1. The summed E-state index contributed by atoms with van der Waals surface area (Å²) in [5.41, 5.74) is 8.23. The molecule has 2 atom stereocenters. The predicted molar refractivity (Wildman–Crippen MR) is 79.6 cm³/mol. The summed E-state index contributed by atoms with van der Waals surface area (Å²) in [6.07, 6.45) is 6.73. The number of rotatable bonds is 1. The lowest BCUT2D eigenvalue weighted by molar-refractivity contribution is 0.171. The molecule has 108 valence electrons. The summed E-state index contributed by atoms with van der Waals surface area (Å²) in [5, 5.41) is 0. The van der Waals surface area contributed by atoms with E-state index < -0.39 is 0 Å². The van der Waals surface area contributed by atoms with Gasteiger partial charge in [-0.25, -0.2) is 0 Å². The number of fused-ring (bicyclic) bond motifs is 2. The van der Waals surface area contributed by atoms with Crippen molar-refractivity contribution < 1.29 is 9.47 Å². The summed E-state index contributed by atoms with van der Waals surface area (Å²) in [6, 6.07) is 4.69. The molecule has 2 fully saturated rings. The topological polar surface area (TPSA) is 47.7 Å². The van der Waals surface area contributed by atoms with Crippen LogP contribution >= 0.6 is 0 Å². The third-order valence-electron chi connectivity index (χ3n) is 5.01. The zero-order chi connectivity index (χ0) is 13.5. The summed E-state index contributed by atoms with van der Waals surface area (Å²) in [5.74, 6) is 2.49. The van der Waals surface area contributed by atoms with Gasteiger partial charge in [0.15, 0.2) is 11.5 Å². The summed E-state index contributed by atoms with van der Waals surface area (Å²) in [4.78, 5) is 2.51. The van der Waals surface area contributed by atoms with Crippen LogP contribution < -0.4 is 20.1 Å². The number of benzene rings is 1. The molecule has 20 heavy (non-hydrogen) atoms. The molecule has 0 amide bonds. The second-order valence-corrected chi connectivity index (χ2v) is 6.15. The van der Waals surface area contributed by atoms with Gasteiger partial charge < -0.3 is 20.1 Å². The van der Waals surface area contributed by atoms with E-state index >= 15 is 0 Å². The number of hydrogen-bond acceptors (Lipinski definition) is 4. The van der Waals surface area contributed by atoms with Crippen LogP contribution in [0.5, 0.6) is 11.5 Å². The van der Waals surface area contributed by atoms with Gasteiger partial charge in [0.2, 0.25) is 0 Å². The molecule has 1 aromatic carbocycles. The Hall–Kier alpha value is -1.58. The van der Waals surface area contributed by atoms with Crippen LogP contribution in [-0.4, -0.2) is 25.8 Å². The Kier molecular flexibility index (Phi) is 2.90. The fourth-order valence-electron chi connectivity index (χ4n) is 4.05. The number of hydrogen-bond donors (Lipinski definition) is 1. The quantitative estimate of drug-likeness (QED) is 0.800. The lowest BCUT2D eigenvalue weighted by atomic mass is 9.85. The van der Waals surface area contributed by atoms with E-state index in [1.165, 1.54) is 32.1 Å². The first-order valence-electron chi connectivity index (χ1n) is 7.79. The number of anilines is 2. The number of nitrogens with zero attached hydrogens (tertiary/aromatic N) is 1. The molecule has 4 rings (SSSR count). The summed E-state index contributed by atoms with van der Waals surface area (Å²) in [6.45, 7) is 2.36.